The van der Waals surface area contributed by atoms with Crippen LogP contribution in [0.2, 0.25) is 0 Å². The van der Waals surface area contributed by atoms with Crippen molar-refractivity contribution in [1.82, 2.24) is 20.1 Å². The fourth-order valence-corrected chi connectivity index (χ4v) is 5.71. The van der Waals surface area contributed by atoms with E-state index in [1.54, 1.807) is 7.11 Å². The molecule has 4 rings (SSSR count). The summed E-state index contributed by atoms with van der Waals surface area (Å²) in [7, 11) is 1.77. The number of amides is 1. The molecule has 0 aliphatic carbocycles. The quantitative estimate of drug-likeness (QED) is 0.708. The first-order valence-corrected chi connectivity index (χ1v) is 11.8. The summed E-state index contributed by atoms with van der Waals surface area (Å²) in [6.07, 6.45) is 10.1. The van der Waals surface area contributed by atoms with Gasteiger partial charge in [-0.25, -0.2) is 0 Å². The number of fused-ring (bicyclic) bond motifs is 2. The van der Waals surface area contributed by atoms with Crippen molar-refractivity contribution < 1.29 is 9.53 Å². The van der Waals surface area contributed by atoms with Gasteiger partial charge in [-0.2, -0.15) is 0 Å². The average Bonchev–Trinajstić information content (AvgIpc) is 2.77. The number of hydrogen-bond donors (Lipinski definition) is 1. The number of carbonyl (C=O) groups is 1. The number of methoxy groups -OCH3 is 1. The lowest BCUT2D eigenvalue weighted by molar-refractivity contribution is -0.133. The van der Waals surface area contributed by atoms with Crippen LogP contribution in [-0.4, -0.2) is 73.2 Å². The molecule has 0 spiro atoms. The average molecular weight is 415 g/mol. The summed E-state index contributed by atoms with van der Waals surface area (Å²) in [5.41, 5.74) is 1.31. The summed E-state index contributed by atoms with van der Waals surface area (Å²) in [5.74, 6) is 2.43. The SMILES string of the molecule is COCC1CCN(C(=O)CCC[C@H]2NC[C@@H]3C[C@@H]2CN(Cc2cccnc2)C3)CC1. The molecular weight excluding hydrogens is 376 g/mol. The van der Waals surface area contributed by atoms with Gasteiger partial charge in [0.1, 0.15) is 0 Å². The van der Waals surface area contributed by atoms with E-state index < -0.39 is 0 Å². The van der Waals surface area contributed by atoms with Crippen LogP contribution >= 0.6 is 0 Å². The van der Waals surface area contributed by atoms with E-state index in [4.69, 9.17) is 4.74 Å². The molecule has 0 aromatic carbocycles. The zero-order chi connectivity index (χ0) is 20.8. The minimum Gasteiger partial charge on any atom is -0.384 e. The molecule has 3 saturated heterocycles. The third-order valence-corrected chi connectivity index (χ3v) is 7.29. The topological polar surface area (TPSA) is 57.7 Å². The molecular formula is C24H38N4O2. The molecule has 3 aliphatic heterocycles. The monoisotopic (exact) mass is 414 g/mol. The van der Waals surface area contributed by atoms with Crippen molar-refractivity contribution in [2.45, 2.75) is 51.1 Å². The number of pyridine rings is 1. The predicted molar refractivity (Wildman–Crippen MR) is 118 cm³/mol. The Bertz CT molecular complexity index is 662. The standard InChI is InChI=1S/C24H38N4O2/c1-30-18-19-7-10-28(11-8-19)24(29)6-2-5-23-22-12-21(14-26-23)16-27(17-22)15-20-4-3-9-25-13-20/h3-4,9,13,19,21-23,26H,2,5-8,10-12,14-18H2,1H3/t21-,22+,23+/m0/s1. The summed E-state index contributed by atoms with van der Waals surface area (Å²) in [6, 6.07) is 4.76. The number of aromatic nitrogens is 1. The van der Waals surface area contributed by atoms with Crippen LogP contribution in [0.1, 0.15) is 44.1 Å². The van der Waals surface area contributed by atoms with Crippen molar-refractivity contribution in [2.24, 2.45) is 17.8 Å². The molecule has 3 atom stereocenters. The zero-order valence-corrected chi connectivity index (χ0v) is 18.5. The maximum atomic E-state index is 12.6. The number of nitrogens with one attached hydrogen (secondary N) is 1. The Hall–Kier alpha value is -1.50. The third kappa shape index (κ3) is 5.80. The minimum absolute atomic E-state index is 0.349. The van der Waals surface area contributed by atoms with Crippen LogP contribution in [0, 0.1) is 17.8 Å². The largest absolute Gasteiger partial charge is 0.384 e. The van der Waals surface area contributed by atoms with Crippen LogP contribution in [0.3, 0.4) is 0 Å². The lowest BCUT2D eigenvalue weighted by Crippen LogP contribution is -2.55. The maximum absolute atomic E-state index is 12.6. The number of rotatable bonds is 8. The Morgan fingerprint density at radius 2 is 2.17 bits per heavy atom. The van der Waals surface area contributed by atoms with Crippen LogP contribution in [0.25, 0.3) is 0 Å². The fraction of sp³-hybridized carbons (Fsp3) is 0.750. The predicted octanol–water partition coefficient (Wildman–Crippen LogP) is 2.55. The fourth-order valence-electron chi connectivity index (χ4n) is 5.71. The molecule has 1 amide bonds. The number of piperidine rings is 3. The summed E-state index contributed by atoms with van der Waals surface area (Å²) in [5, 5.41) is 3.80. The van der Waals surface area contributed by atoms with Gasteiger partial charge in [0.25, 0.3) is 0 Å². The molecule has 0 saturated carbocycles. The molecule has 1 aromatic heterocycles. The second-order valence-electron chi connectivity index (χ2n) is 9.60. The van der Waals surface area contributed by atoms with E-state index in [1.807, 2.05) is 18.5 Å². The second kappa shape index (κ2) is 10.7. The third-order valence-electron chi connectivity index (χ3n) is 7.29. The normalized spacial score (nSPS) is 27.9. The van der Waals surface area contributed by atoms with Gasteiger partial charge in [-0.1, -0.05) is 6.07 Å². The van der Waals surface area contributed by atoms with Gasteiger partial charge < -0.3 is 15.0 Å². The number of likely N-dealkylation sites (tertiary alicyclic amines) is 2. The molecule has 166 valence electrons. The van der Waals surface area contributed by atoms with Crippen molar-refractivity contribution >= 4 is 5.91 Å². The van der Waals surface area contributed by atoms with Crippen molar-refractivity contribution in [1.29, 1.82) is 0 Å². The molecule has 1 aromatic rings. The van der Waals surface area contributed by atoms with Gasteiger partial charge >= 0.3 is 0 Å². The first kappa shape index (κ1) is 21.7. The zero-order valence-electron chi connectivity index (χ0n) is 18.5. The van der Waals surface area contributed by atoms with E-state index >= 15 is 0 Å². The minimum atomic E-state index is 0.349. The van der Waals surface area contributed by atoms with E-state index in [-0.39, 0.29) is 0 Å². The van der Waals surface area contributed by atoms with Crippen LogP contribution in [0.15, 0.2) is 24.5 Å². The molecule has 3 aliphatic rings. The number of ether oxygens (including phenoxy) is 1. The second-order valence-corrected chi connectivity index (χ2v) is 9.60. The molecule has 0 radical (unpaired) electrons. The summed E-state index contributed by atoms with van der Waals surface area (Å²) >= 11 is 0. The van der Waals surface area contributed by atoms with Gasteiger partial charge in [-0.15, -0.1) is 0 Å². The summed E-state index contributed by atoms with van der Waals surface area (Å²) in [4.78, 5) is 21.6. The highest BCUT2D eigenvalue weighted by Crippen LogP contribution is 2.31. The van der Waals surface area contributed by atoms with E-state index in [2.05, 4.69) is 26.2 Å². The first-order chi connectivity index (χ1) is 14.7. The van der Waals surface area contributed by atoms with Gasteiger partial charge in [-0.05, 0) is 68.0 Å². The summed E-state index contributed by atoms with van der Waals surface area (Å²) in [6.45, 7) is 7.10. The van der Waals surface area contributed by atoms with Gasteiger partial charge in [0, 0.05) is 71.3 Å². The number of nitrogens with zero attached hydrogens (tertiary/aromatic N) is 3. The van der Waals surface area contributed by atoms with Crippen molar-refractivity contribution in [2.75, 3.05) is 46.4 Å². The lowest BCUT2D eigenvalue weighted by atomic mass is 9.79. The van der Waals surface area contributed by atoms with Crippen molar-refractivity contribution in [3.05, 3.63) is 30.1 Å². The number of carbonyl (C=O) groups excluding carboxylic acids is 1. The van der Waals surface area contributed by atoms with Gasteiger partial charge in [0.2, 0.25) is 5.91 Å². The van der Waals surface area contributed by atoms with E-state index in [9.17, 15) is 4.79 Å². The molecule has 4 heterocycles. The summed E-state index contributed by atoms with van der Waals surface area (Å²) < 4.78 is 5.27. The Morgan fingerprint density at radius 1 is 1.30 bits per heavy atom. The Balaban J connectivity index is 1.19. The van der Waals surface area contributed by atoms with E-state index in [1.165, 1.54) is 18.5 Å². The van der Waals surface area contributed by atoms with E-state index in [0.717, 1.165) is 70.9 Å². The first-order valence-electron chi connectivity index (χ1n) is 11.8. The maximum Gasteiger partial charge on any atom is 0.222 e. The van der Waals surface area contributed by atoms with Gasteiger partial charge in [0.05, 0.1) is 0 Å². The molecule has 6 heteroatoms. The van der Waals surface area contributed by atoms with Crippen LogP contribution in [0.5, 0.6) is 0 Å². The number of hydrogen-bond acceptors (Lipinski definition) is 5. The Morgan fingerprint density at radius 3 is 2.93 bits per heavy atom. The van der Waals surface area contributed by atoms with Crippen LogP contribution < -0.4 is 5.32 Å². The van der Waals surface area contributed by atoms with Crippen molar-refractivity contribution in [3.63, 3.8) is 0 Å². The van der Waals surface area contributed by atoms with Crippen LogP contribution in [-0.2, 0) is 16.1 Å². The lowest BCUT2D eigenvalue weighted by Gasteiger charge is -2.46. The van der Waals surface area contributed by atoms with E-state index in [0.29, 0.717) is 30.2 Å². The molecule has 1 N–H and O–H groups in total. The molecule has 30 heavy (non-hydrogen) atoms. The molecule has 0 unspecified atom stereocenters. The molecule has 3 fully saturated rings. The highest BCUT2D eigenvalue weighted by Gasteiger charge is 2.36. The Kier molecular flexibility index (Phi) is 7.74. The van der Waals surface area contributed by atoms with Crippen LogP contribution in [0.4, 0.5) is 0 Å². The molecule has 6 nitrogen and oxygen atoms in total. The van der Waals surface area contributed by atoms with Gasteiger partial charge in [-0.3, -0.25) is 14.7 Å². The highest BCUT2D eigenvalue weighted by molar-refractivity contribution is 5.76. The molecule has 2 bridgehead atoms. The smallest absolute Gasteiger partial charge is 0.222 e. The van der Waals surface area contributed by atoms with Crippen molar-refractivity contribution in [3.8, 4) is 0 Å². The highest BCUT2D eigenvalue weighted by atomic mass is 16.5. The Labute approximate surface area is 181 Å². The van der Waals surface area contributed by atoms with Gasteiger partial charge in [0.15, 0.2) is 0 Å².